The quantitative estimate of drug-likeness (QED) is 0.0525. The van der Waals surface area contributed by atoms with Gasteiger partial charge in [-0.2, -0.15) is 0 Å². The van der Waals surface area contributed by atoms with Crippen molar-refractivity contribution in [2.24, 2.45) is 9.98 Å². The molecule has 0 amide bonds. The Hall–Kier alpha value is -1.56. The van der Waals surface area contributed by atoms with Crippen LogP contribution in [0.25, 0.3) is 0 Å². The van der Waals surface area contributed by atoms with E-state index in [1.807, 2.05) is 0 Å². The Morgan fingerprint density at radius 1 is 0.370 bits per heavy atom. The molecule has 0 atom stereocenters. The Labute approximate surface area is 299 Å². The van der Waals surface area contributed by atoms with Gasteiger partial charge in [0.1, 0.15) is 0 Å². The minimum absolute atomic E-state index is 0. The fourth-order valence-electron chi connectivity index (χ4n) is 6.24. The molecule has 2 aromatic carbocycles. The summed E-state index contributed by atoms with van der Waals surface area (Å²) >= 11 is 0. The maximum absolute atomic E-state index is 5.51. The number of hydrogen-bond acceptors (Lipinski definition) is 2. The van der Waals surface area contributed by atoms with Gasteiger partial charge in [-0.1, -0.05) is 124 Å². The Morgan fingerprint density at radius 3 is 0.957 bits per heavy atom. The summed E-state index contributed by atoms with van der Waals surface area (Å²) in [4.78, 5) is 11.0. The van der Waals surface area contributed by atoms with Crippen molar-refractivity contribution in [1.82, 2.24) is 0 Å². The number of benzene rings is 2. The van der Waals surface area contributed by atoms with Crippen LogP contribution in [-0.4, -0.2) is 11.4 Å². The Morgan fingerprint density at radius 2 is 0.652 bits per heavy atom. The minimum Gasteiger partial charge on any atom is -0.252 e. The molecule has 0 aliphatic rings. The molecule has 0 saturated heterocycles. The first-order valence-corrected chi connectivity index (χ1v) is 19.5. The van der Waals surface area contributed by atoms with Crippen molar-refractivity contribution in [2.45, 2.75) is 189 Å². The third kappa shape index (κ3) is 18.1. The predicted molar refractivity (Wildman–Crippen MR) is 204 cm³/mol. The van der Waals surface area contributed by atoms with E-state index >= 15 is 0 Å². The molecular weight excluding hydrogens is 651 g/mol. The minimum atomic E-state index is 0. The predicted octanol–water partition coefficient (Wildman–Crippen LogP) is 14.2. The molecule has 0 fully saturated rings. The zero-order valence-corrected chi connectivity index (χ0v) is 32.5. The molecular formula is C43H70N2Pd. The van der Waals surface area contributed by atoms with Crippen LogP contribution in [0.15, 0.2) is 46.4 Å². The normalized spacial score (nSPS) is 12.0. The van der Waals surface area contributed by atoms with E-state index in [4.69, 9.17) is 9.98 Å². The largest absolute Gasteiger partial charge is 0.252 e. The first-order valence-electron chi connectivity index (χ1n) is 19.5. The van der Waals surface area contributed by atoms with Crippen LogP contribution in [0.2, 0.25) is 0 Å². The summed E-state index contributed by atoms with van der Waals surface area (Å²) in [6.07, 6.45) is 27.9. The summed E-state index contributed by atoms with van der Waals surface area (Å²) in [6, 6.07) is 14.5. The van der Waals surface area contributed by atoms with Gasteiger partial charge in [0, 0.05) is 20.4 Å². The van der Waals surface area contributed by atoms with Gasteiger partial charge in [0.25, 0.3) is 0 Å². The molecule has 0 aliphatic heterocycles. The number of hydrogen-bond donors (Lipinski definition) is 0. The SMILES string of the molecule is CCCCCC(=Nc1cc(CCCCC)cc(CCCCC)c1)C(CCCC)=Nc1cc(CCCCC)cc(CCCCC)c1.[Pd]. The van der Waals surface area contributed by atoms with Gasteiger partial charge in [-0.3, -0.25) is 9.98 Å². The number of aryl methyl sites for hydroxylation is 4. The molecule has 2 rings (SSSR count). The van der Waals surface area contributed by atoms with Crippen molar-refractivity contribution in [3.63, 3.8) is 0 Å². The van der Waals surface area contributed by atoms with Crippen molar-refractivity contribution >= 4 is 22.8 Å². The molecule has 0 bridgehead atoms. The summed E-state index contributed by atoms with van der Waals surface area (Å²) in [6.45, 7) is 13.8. The molecule has 0 radical (unpaired) electrons. The van der Waals surface area contributed by atoms with Crippen molar-refractivity contribution in [3.05, 3.63) is 58.7 Å². The Bertz CT molecular complexity index is 1060. The molecule has 0 saturated carbocycles. The molecule has 0 heterocycles. The second-order valence-electron chi connectivity index (χ2n) is 13.5. The van der Waals surface area contributed by atoms with Gasteiger partial charge in [-0.25, -0.2) is 0 Å². The zero-order chi connectivity index (χ0) is 32.5. The van der Waals surface area contributed by atoms with Crippen molar-refractivity contribution < 1.29 is 20.4 Å². The maximum Gasteiger partial charge on any atom is 0.0639 e. The van der Waals surface area contributed by atoms with Gasteiger partial charge < -0.3 is 0 Å². The summed E-state index contributed by atoms with van der Waals surface area (Å²) in [5, 5.41) is 0. The van der Waals surface area contributed by atoms with E-state index in [1.165, 1.54) is 136 Å². The second kappa shape index (κ2) is 27.4. The molecule has 0 N–H and O–H groups in total. The van der Waals surface area contributed by atoms with Gasteiger partial charge in [0.05, 0.1) is 22.8 Å². The summed E-state index contributed by atoms with van der Waals surface area (Å²) in [5.41, 5.74) is 10.6. The van der Waals surface area contributed by atoms with Crippen molar-refractivity contribution in [3.8, 4) is 0 Å². The molecule has 262 valence electrons. The number of aliphatic imine (C=N–C) groups is 2. The third-order valence-electron chi connectivity index (χ3n) is 9.00. The fraction of sp³-hybridized carbons (Fsp3) is 0.674. The molecule has 46 heavy (non-hydrogen) atoms. The summed E-state index contributed by atoms with van der Waals surface area (Å²) < 4.78 is 0. The Kier molecular flexibility index (Phi) is 25.3. The van der Waals surface area contributed by atoms with Gasteiger partial charge in [-0.05, 0) is 124 Å². The fourth-order valence-corrected chi connectivity index (χ4v) is 6.24. The molecule has 3 heteroatoms. The number of unbranched alkanes of at least 4 members (excludes halogenated alkanes) is 11. The third-order valence-corrected chi connectivity index (χ3v) is 9.00. The van der Waals surface area contributed by atoms with Crippen LogP contribution in [0.1, 0.15) is 186 Å². The van der Waals surface area contributed by atoms with Crippen molar-refractivity contribution in [2.75, 3.05) is 0 Å². The van der Waals surface area contributed by atoms with Crippen LogP contribution in [0, 0.1) is 0 Å². The van der Waals surface area contributed by atoms with Gasteiger partial charge in [0.15, 0.2) is 0 Å². The van der Waals surface area contributed by atoms with Crippen LogP contribution in [0.5, 0.6) is 0 Å². The van der Waals surface area contributed by atoms with E-state index in [1.54, 1.807) is 0 Å². The first kappa shape index (κ1) is 42.5. The van der Waals surface area contributed by atoms with E-state index in [-0.39, 0.29) is 20.4 Å². The van der Waals surface area contributed by atoms with Crippen molar-refractivity contribution in [1.29, 1.82) is 0 Å². The van der Waals surface area contributed by atoms with Crippen LogP contribution in [-0.2, 0) is 46.1 Å². The molecule has 0 spiro atoms. The smallest absolute Gasteiger partial charge is 0.0639 e. The van der Waals surface area contributed by atoms with Gasteiger partial charge in [0.2, 0.25) is 0 Å². The molecule has 2 nitrogen and oxygen atoms in total. The first-order chi connectivity index (χ1) is 22.1. The van der Waals surface area contributed by atoms with Crippen LogP contribution < -0.4 is 0 Å². The van der Waals surface area contributed by atoms with E-state index in [0.717, 1.165) is 56.3 Å². The molecule has 0 aliphatic carbocycles. The average Bonchev–Trinajstić information content (AvgIpc) is 3.03. The summed E-state index contributed by atoms with van der Waals surface area (Å²) in [7, 11) is 0. The van der Waals surface area contributed by atoms with Crippen LogP contribution >= 0.6 is 0 Å². The van der Waals surface area contributed by atoms with E-state index in [2.05, 4.69) is 77.9 Å². The summed E-state index contributed by atoms with van der Waals surface area (Å²) in [5.74, 6) is 0. The average molecular weight is 721 g/mol. The van der Waals surface area contributed by atoms with Crippen LogP contribution in [0.4, 0.5) is 11.4 Å². The standard InChI is InChI=1S/C43H70N2.Pd/c1-7-13-19-24-36-30-37(25-20-14-8-2)33-40(32-36)44-42(28-18-12-6)43(29-23-17-11-5)45-41-34-38(26-21-15-9-3)31-39(35-41)27-22-16-10-4;/h30-35H,7-29H2,1-6H3;. The second-order valence-corrected chi connectivity index (χ2v) is 13.5. The van der Waals surface area contributed by atoms with Gasteiger partial charge in [-0.15, -0.1) is 0 Å². The van der Waals surface area contributed by atoms with E-state index < -0.39 is 0 Å². The van der Waals surface area contributed by atoms with Crippen LogP contribution in [0.3, 0.4) is 0 Å². The van der Waals surface area contributed by atoms with E-state index in [0.29, 0.717) is 0 Å². The zero-order valence-electron chi connectivity index (χ0n) is 30.9. The molecule has 0 unspecified atom stereocenters. The number of nitrogens with zero attached hydrogens (tertiary/aromatic N) is 2. The van der Waals surface area contributed by atoms with E-state index in [9.17, 15) is 0 Å². The Balaban J connectivity index is 0.0000106. The number of rotatable bonds is 26. The monoisotopic (exact) mass is 720 g/mol. The maximum atomic E-state index is 5.51. The topological polar surface area (TPSA) is 24.7 Å². The van der Waals surface area contributed by atoms with Gasteiger partial charge >= 0.3 is 0 Å². The molecule has 0 aromatic heterocycles. The molecule has 2 aromatic rings.